The van der Waals surface area contributed by atoms with E-state index in [2.05, 4.69) is 13.8 Å². The minimum Gasteiger partial charge on any atom is -0.385 e. The average Bonchev–Trinajstić information content (AvgIpc) is 2.50. The molecule has 0 amide bonds. The quantitative estimate of drug-likeness (QED) is 0.719. The van der Waals surface area contributed by atoms with Gasteiger partial charge in [0.2, 0.25) is 0 Å². The van der Waals surface area contributed by atoms with Crippen molar-refractivity contribution in [3.05, 3.63) is 0 Å². The number of ether oxygens (including phenoxy) is 1. The van der Waals surface area contributed by atoms with Gasteiger partial charge in [-0.1, -0.05) is 39.5 Å². The molecule has 2 nitrogen and oxygen atoms in total. The average molecular weight is 241 g/mol. The summed E-state index contributed by atoms with van der Waals surface area (Å²) in [7, 11) is 1.78. The van der Waals surface area contributed by atoms with E-state index in [9.17, 15) is 0 Å². The van der Waals surface area contributed by atoms with Crippen molar-refractivity contribution in [2.45, 2.75) is 70.8 Å². The summed E-state index contributed by atoms with van der Waals surface area (Å²) in [6.45, 7) is 5.44. The van der Waals surface area contributed by atoms with Gasteiger partial charge in [0.05, 0.1) is 0 Å². The van der Waals surface area contributed by atoms with E-state index >= 15 is 0 Å². The van der Waals surface area contributed by atoms with Crippen molar-refractivity contribution in [1.29, 1.82) is 0 Å². The van der Waals surface area contributed by atoms with Gasteiger partial charge in [0.25, 0.3) is 0 Å². The molecule has 2 N–H and O–H groups in total. The summed E-state index contributed by atoms with van der Waals surface area (Å²) in [4.78, 5) is 0. The molecule has 2 heteroatoms. The van der Waals surface area contributed by atoms with E-state index in [0.29, 0.717) is 5.92 Å². The second-order valence-electron chi connectivity index (χ2n) is 6.00. The van der Waals surface area contributed by atoms with Crippen LogP contribution in [0.1, 0.15) is 65.2 Å². The first kappa shape index (κ1) is 15.0. The van der Waals surface area contributed by atoms with Gasteiger partial charge in [-0.15, -0.1) is 0 Å². The van der Waals surface area contributed by atoms with Crippen LogP contribution in [0.3, 0.4) is 0 Å². The van der Waals surface area contributed by atoms with Crippen molar-refractivity contribution in [2.75, 3.05) is 13.7 Å². The number of rotatable bonds is 6. The first-order chi connectivity index (χ1) is 8.12. The van der Waals surface area contributed by atoms with Crippen LogP contribution in [0.2, 0.25) is 0 Å². The number of nitrogens with two attached hydrogens (primary N) is 1. The molecule has 3 unspecified atom stereocenters. The Balaban J connectivity index is 2.46. The lowest BCUT2D eigenvalue weighted by atomic mass is 9.78. The fourth-order valence-corrected chi connectivity index (χ4v) is 3.23. The van der Waals surface area contributed by atoms with Crippen molar-refractivity contribution in [1.82, 2.24) is 0 Å². The Morgan fingerprint density at radius 1 is 1.35 bits per heavy atom. The molecule has 102 valence electrons. The van der Waals surface area contributed by atoms with Gasteiger partial charge in [0, 0.05) is 19.3 Å². The summed E-state index contributed by atoms with van der Waals surface area (Å²) in [6, 6.07) is 0. The van der Waals surface area contributed by atoms with Crippen LogP contribution in [0.4, 0.5) is 0 Å². The molecule has 1 saturated carbocycles. The zero-order chi connectivity index (χ0) is 12.7. The van der Waals surface area contributed by atoms with Gasteiger partial charge < -0.3 is 10.5 Å². The predicted octanol–water partition coefficient (Wildman–Crippen LogP) is 3.74. The third-order valence-electron chi connectivity index (χ3n) is 4.71. The Bertz CT molecular complexity index is 207. The second-order valence-corrected chi connectivity index (χ2v) is 6.00. The molecule has 1 aliphatic carbocycles. The van der Waals surface area contributed by atoms with Crippen LogP contribution in [-0.4, -0.2) is 19.3 Å². The summed E-state index contributed by atoms with van der Waals surface area (Å²) in [5.74, 6) is 1.52. The number of methoxy groups -OCH3 is 1. The molecule has 3 atom stereocenters. The van der Waals surface area contributed by atoms with Crippen molar-refractivity contribution in [3.63, 3.8) is 0 Å². The highest BCUT2D eigenvalue weighted by Crippen LogP contribution is 2.36. The van der Waals surface area contributed by atoms with Gasteiger partial charge in [-0.3, -0.25) is 0 Å². The molecule has 1 fully saturated rings. The third kappa shape index (κ3) is 4.59. The fourth-order valence-electron chi connectivity index (χ4n) is 3.23. The summed E-state index contributed by atoms with van der Waals surface area (Å²) >= 11 is 0. The molecule has 0 heterocycles. The highest BCUT2D eigenvalue weighted by molar-refractivity contribution is 4.91. The maximum atomic E-state index is 6.65. The third-order valence-corrected chi connectivity index (χ3v) is 4.71. The van der Waals surface area contributed by atoms with Crippen LogP contribution in [0.5, 0.6) is 0 Å². The van der Waals surface area contributed by atoms with Crippen molar-refractivity contribution in [2.24, 2.45) is 17.6 Å². The summed E-state index contributed by atoms with van der Waals surface area (Å²) in [5, 5.41) is 0. The molecule has 0 bridgehead atoms. The van der Waals surface area contributed by atoms with Gasteiger partial charge in [0.1, 0.15) is 0 Å². The van der Waals surface area contributed by atoms with Gasteiger partial charge in [-0.05, 0) is 37.5 Å². The minimum atomic E-state index is 0.0705. The number of hydrogen-bond acceptors (Lipinski definition) is 2. The highest BCUT2D eigenvalue weighted by atomic mass is 16.5. The molecule has 0 aromatic carbocycles. The largest absolute Gasteiger partial charge is 0.385 e. The van der Waals surface area contributed by atoms with Crippen LogP contribution in [0.25, 0.3) is 0 Å². The van der Waals surface area contributed by atoms with Crippen molar-refractivity contribution >= 4 is 0 Å². The van der Waals surface area contributed by atoms with Crippen molar-refractivity contribution in [3.8, 4) is 0 Å². The molecule has 17 heavy (non-hydrogen) atoms. The zero-order valence-electron chi connectivity index (χ0n) is 12.0. The SMILES string of the molecule is CCCC1CCCC(N)(C(C)CCOC)CC1. The predicted molar refractivity (Wildman–Crippen MR) is 74.1 cm³/mol. The monoisotopic (exact) mass is 241 g/mol. The maximum Gasteiger partial charge on any atom is 0.0465 e. The van der Waals surface area contributed by atoms with E-state index < -0.39 is 0 Å². The Morgan fingerprint density at radius 3 is 2.76 bits per heavy atom. The zero-order valence-corrected chi connectivity index (χ0v) is 12.0. The Kier molecular flexibility index (Phi) is 6.50. The lowest BCUT2D eigenvalue weighted by Crippen LogP contribution is -2.46. The van der Waals surface area contributed by atoms with Gasteiger partial charge in [-0.2, -0.15) is 0 Å². The number of hydrogen-bond donors (Lipinski definition) is 1. The Labute approximate surface area is 107 Å². The van der Waals surface area contributed by atoms with Crippen LogP contribution in [0, 0.1) is 11.8 Å². The van der Waals surface area contributed by atoms with E-state index in [1.807, 2.05) is 0 Å². The molecule has 0 aliphatic heterocycles. The molecule has 0 saturated heterocycles. The molecule has 0 radical (unpaired) electrons. The fraction of sp³-hybridized carbons (Fsp3) is 1.00. The smallest absolute Gasteiger partial charge is 0.0465 e. The van der Waals surface area contributed by atoms with Crippen LogP contribution in [0.15, 0.2) is 0 Å². The second kappa shape index (κ2) is 7.38. The molecule has 0 aromatic heterocycles. The Hall–Kier alpha value is -0.0800. The normalized spacial score (nSPS) is 32.1. The topological polar surface area (TPSA) is 35.2 Å². The van der Waals surface area contributed by atoms with E-state index in [1.165, 1.54) is 44.9 Å². The van der Waals surface area contributed by atoms with E-state index in [1.54, 1.807) is 7.11 Å². The lowest BCUT2D eigenvalue weighted by Gasteiger charge is -2.35. The summed E-state index contributed by atoms with van der Waals surface area (Å²) in [6.07, 6.45) is 10.3. The molecule has 1 aliphatic rings. The summed E-state index contributed by atoms with van der Waals surface area (Å²) < 4.78 is 5.18. The van der Waals surface area contributed by atoms with Crippen LogP contribution >= 0.6 is 0 Å². The highest BCUT2D eigenvalue weighted by Gasteiger charge is 2.33. The van der Waals surface area contributed by atoms with Gasteiger partial charge in [0.15, 0.2) is 0 Å². The van der Waals surface area contributed by atoms with Crippen molar-refractivity contribution < 1.29 is 4.74 Å². The molecule has 0 spiro atoms. The van der Waals surface area contributed by atoms with E-state index in [-0.39, 0.29) is 5.54 Å². The lowest BCUT2D eigenvalue weighted by molar-refractivity contribution is 0.147. The minimum absolute atomic E-state index is 0.0705. The van der Waals surface area contributed by atoms with Gasteiger partial charge in [-0.25, -0.2) is 0 Å². The van der Waals surface area contributed by atoms with E-state index in [0.717, 1.165) is 18.9 Å². The first-order valence-electron chi connectivity index (χ1n) is 7.40. The van der Waals surface area contributed by atoms with Crippen LogP contribution in [-0.2, 0) is 4.74 Å². The maximum absolute atomic E-state index is 6.65. The van der Waals surface area contributed by atoms with Gasteiger partial charge >= 0.3 is 0 Å². The molecular weight excluding hydrogens is 210 g/mol. The molecule has 1 rings (SSSR count). The van der Waals surface area contributed by atoms with Crippen LogP contribution < -0.4 is 5.73 Å². The molecule has 0 aromatic rings. The molecular formula is C15H31NO. The van der Waals surface area contributed by atoms with E-state index in [4.69, 9.17) is 10.5 Å². The summed E-state index contributed by atoms with van der Waals surface area (Å²) in [5.41, 5.74) is 6.72. The Morgan fingerprint density at radius 2 is 2.12 bits per heavy atom. The first-order valence-corrected chi connectivity index (χ1v) is 7.40. The standard InChI is InChI=1S/C15H31NO/c1-4-6-14-7-5-10-15(16,11-8-14)13(2)9-12-17-3/h13-14H,4-12,16H2,1-3H3.